The van der Waals surface area contributed by atoms with Crippen molar-refractivity contribution in [3.8, 4) is 0 Å². The van der Waals surface area contributed by atoms with Crippen LogP contribution in [0.25, 0.3) is 0 Å². The minimum Gasteiger partial charge on any atom is -0.0622 e. The van der Waals surface area contributed by atoms with Gasteiger partial charge in [0.1, 0.15) is 0 Å². The summed E-state index contributed by atoms with van der Waals surface area (Å²) in [4.78, 5) is 0. The Hall–Kier alpha value is -1.91. The van der Waals surface area contributed by atoms with E-state index in [-0.39, 0.29) is 0 Å². The van der Waals surface area contributed by atoms with Crippen LogP contribution in [0.5, 0.6) is 0 Å². The van der Waals surface area contributed by atoms with E-state index in [2.05, 4.69) is 91.0 Å². The summed E-state index contributed by atoms with van der Waals surface area (Å²) in [6, 6.07) is 33.6. The van der Waals surface area contributed by atoms with Gasteiger partial charge in [0, 0.05) is 7.92 Å². The van der Waals surface area contributed by atoms with E-state index in [4.69, 9.17) is 0 Å². The zero-order valence-electron chi connectivity index (χ0n) is 13.2. The highest BCUT2D eigenvalue weighted by atomic mass is 31.1. The van der Waals surface area contributed by atoms with Gasteiger partial charge in [0.25, 0.3) is 0 Å². The molecule has 0 aliphatic carbocycles. The van der Waals surface area contributed by atoms with Crippen LogP contribution in [-0.4, -0.2) is 0 Å². The lowest BCUT2D eigenvalue weighted by molar-refractivity contribution is 0.765. The van der Waals surface area contributed by atoms with Crippen LogP contribution in [0.15, 0.2) is 91.0 Å². The third-order valence-corrected chi connectivity index (χ3v) is 8.75. The van der Waals surface area contributed by atoms with Gasteiger partial charge in [-0.1, -0.05) is 78.9 Å². The molecule has 3 aromatic carbocycles. The highest BCUT2D eigenvalue weighted by molar-refractivity contribution is 7.66. The molecule has 3 aromatic rings. The number of hydrogen-bond acceptors (Lipinski definition) is 0. The Morgan fingerprint density at radius 2 is 0.913 bits per heavy atom. The van der Waals surface area contributed by atoms with Crippen molar-refractivity contribution >= 4 is 13.2 Å². The van der Waals surface area contributed by atoms with E-state index in [1.165, 1.54) is 24.0 Å². The molecule has 0 amide bonds. The van der Waals surface area contributed by atoms with E-state index in [1.54, 1.807) is 5.30 Å². The van der Waals surface area contributed by atoms with E-state index in [0.717, 1.165) is 0 Å². The Labute approximate surface area is 139 Å². The molecule has 0 nitrogen and oxygen atoms in total. The summed E-state index contributed by atoms with van der Waals surface area (Å²) < 4.78 is 0. The summed E-state index contributed by atoms with van der Waals surface area (Å²) in [7, 11) is -0.671. The molecule has 1 aliphatic rings. The smallest absolute Gasteiger partial charge is 0.0622 e. The Morgan fingerprint density at radius 3 is 1.35 bits per heavy atom. The van der Waals surface area contributed by atoms with Crippen LogP contribution >= 0.6 is 7.92 Å². The number of benzene rings is 3. The molecule has 0 spiro atoms. The fourth-order valence-corrected chi connectivity index (χ4v) is 7.91. The summed E-state index contributed by atoms with van der Waals surface area (Å²) in [6.07, 6.45) is 2.62. The largest absolute Gasteiger partial charge is 0.0977 e. The molecule has 114 valence electrons. The fourth-order valence-electron chi connectivity index (χ4n) is 3.98. The predicted molar refractivity (Wildman–Crippen MR) is 102 cm³/mol. The van der Waals surface area contributed by atoms with E-state index >= 15 is 0 Å². The minimum atomic E-state index is -0.671. The predicted octanol–water partition coefficient (Wildman–Crippen LogP) is 5.80. The molecule has 2 atom stereocenters. The Balaban J connectivity index is 1.77. The van der Waals surface area contributed by atoms with Crippen molar-refractivity contribution in [1.29, 1.82) is 0 Å². The Morgan fingerprint density at radius 1 is 0.522 bits per heavy atom. The van der Waals surface area contributed by atoms with Gasteiger partial charge in [0.05, 0.1) is 16.6 Å². The second kappa shape index (κ2) is 6.69. The molecule has 0 radical (unpaired) electrons. The van der Waals surface area contributed by atoms with E-state index in [9.17, 15) is 0 Å². The SMILES string of the molecule is c1ccc([C@@H]2CC[C@@H](c3ccccc3)[PH+]2c2ccccc2)cc1. The van der Waals surface area contributed by atoms with Crippen LogP contribution in [0.3, 0.4) is 0 Å². The normalized spacial score (nSPS) is 21.4. The summed E-state index contributed by atoms with van der Waals surface area (Å²) in [5.74, 6) is 0. The lowest BCUT2D eigenvalue weighted by atomic mass is 10.0. The first-order chi connectivity index (χ1) is 11.4. The monoisotopic (exact) mass is 317 g/mol. The van der Waals surface area contributed by atoms with Crippen LogP contribution in [-0.2, 0) is 0 Å². The maximum Gasteiger partial charge on any atom is 0.0977 e. The van der Waals surface area contributed by atoms with Crippen LogP contribution in [0.2, 0.25) is 0 Å². The fraction of sp³-hybridized carbons (Fsp3) is 0.182. The lowest BCUT2D eigenvalue weighted by Crippen LogP contribution is -2.07. The number of rotatable bonds is 3. The molecule has 1 heterocycles. The molecule has 23 heavy (non-hydrogen) atoms. The van der Waals surface area contributed by atoms with Crippen molar-refractivity contribution in [2.24, 2.45) is 0 Å². The van der Waals surface area contributed by atoms with Crippen molar-refractivity contribution < 1.29 is 0 Å². The second-order valence-corrected chi connectivity index (χ2v) is 9.21. The standard InChI is InChI=1S/C22H21P/c1-4-10-18(11-5-1)21-16-17-22(19-12-6-2-7-13-19)23(21)20-14-8-3-9-15-20/h1-15,21-22H,16-17H2/p+1/t21-,22-/m0/s1. The van der Waals surface area contributed by atoms with Gasteiger partial charge >= 0.3 is 0 Å². The average molecular weight is 317 g/mol. The highest BCUT2D eigenvalue weighted by Gasteiger charge is 2.45. The van der Waals surface area contributed by atoms with E-state index in [0.29, 0.717) is 11.3 Å². The molecule has 0 bridgehead atoms. The van der Waals surface area contributed by atoms with E-state index < -0.39 is 7.92 Å². The molecule has 1 saturated heterocycles. The summed E-state index contributed by atoms with van der Waals surface area (Å²) in [5, 5.41) is 1.58. The molecule has 0 saturated carbocycles. The third kappa shape index (κ3) is 2.96. The number of hydrogen-bond donors (Lipinski definition) is 0. The molecule has 4 rings (SSSR count). The van der Waals surface area contributed by atoms with Crippen molar-refractivity contribution in [3.63, 3.8) is 0 Å². The lowest BCUT2D eigenvalue weighted by Gasteiger charge is -2.19. The topological polar surface area (TPSA) is 0 Å². The van der Waals surface area contributed by atoms with Gasteiger partial charge in [-0.25, -0.2) is 0 Å². The van der Waals surface area contributed by atoms with E-state index in [1.807, 2.05) is 0 Å². The van der Waals surface area contributed by atoms with Gasteiger partial charge in [-0.15, -0.1) is 0 Å². The molecule has 0 N–H and O–H groups in total. The van der Waals surface area contributed by atoms with Crippen molar-refractivity contribution in [2.75, 3.05) is 0 Å². The third-order valence-electron chi connectivity index (χ3n) is 5.01. The molecule has 0 unspecified atom stereocenters. The van der Waals surface area contributed by atoms with Gasteiger partial charge in [-0.3, -0.25) is 0 Å². The zero-order valence-corrected chi connectivity index (χ0v) is 14.2. The molecule has 0 aromatic heterocycles. The van der Waals surface area contributed by atoms with Crippen LogP contribution < -0.4 is 5.30 Å². The van der Waals surface area contributed by atoms with Crippen LogP contribution in [0, 0.1) is 0 Å². The van der Waals surface area contributed by atoms with Gasteiger partial charge in [-0.05, 0) is 36.1 Å². The quantitative estimate of drug-likeness (QED) is 0.535. The first kappa shape index (κ1) is 14.7. The maximum atomic E-state index is 2.35. The van der Waals surface area contributed by atoms with Crippen molar-refractivity contribution in [1.82, 2.24) is 0 Å². The summed E-state index contributed by atoms with van der Waals surface area (Å²) in [5.41, 5.74) is 4.50. The van der Waals surface area contributed by atoms with Crippen LogP contribution in [0.4, 0.5) is 0 Å². The van der Waals surface area contributed by atoms with Gasteiger partial charge < -0.3 is 0 Å². The summed E-state index contributed by atoms with van der Waals surface area (Å²) in [6.45, 7) is 0. The first-order valence-corrected chi connectivity index (χ1v) is 10.1. The Kier molecular flexibility index (Phi) is 4.26. The molecule has 1 aliphatic heterocycles. The highest BCUT2D eigenvalue weighted by Crippen LogP contribution is 2.69. The summed E-state index contributed by atoms with van der Waals surface area (Å²) >= 11 is 0. The van der Waals surface area contributed by atoms with Gasteiger partial charge in [0.2, 0.25) is 0 Å². The molecule has 1 fully saturated rings. The maximum absolute atomic E-state index is 2.35. The van der Waals surface area contributed by atoms with Crippen LogP contribution in [0.1, 0.15) is 35.3 Å². The van der Waals surface area contributed by atoms with Gasteiger partial charge in [-0.2, -0.15) is 0 Å². The Bertz CT molecular complexity index is 689. The van der Waals surface area contributed by atoms with Crippen molar-refractivity contribution in [3.05, 3.63) is 102 Å². The average Bonchev–Trinajstić information content (AvgIpc) is 3.09. The first-order valence-electron chi connectivity index (χ1n) is 8.45. The molecule has 1 heteroatoms. The van der Waals surface area contributed by atoms with Gasteiger partial charge in [0.15, 0.2) is 0 Å². The molecular formula is C22H22P+. The van der Waals surface area contributed by atoms with Crippen molar-refractivity contribution in [2.45, 2.75) is 24.2 Å². The second-order valence-electron chi connectivity index (χ2n) is 6.33. The zero-order chi connectivity index (χ0) is 15.5. The minimum absolute atomic E-state index is 0.671. The molecular weight excluding hydrogens is 295 g/mol.